The van der Waals surface area contributed by atoms with E-state index in [1.54, 1.807) is 18.3 Å². The van der Waals surface area contributed by atoms with Crippen LogP contribution in [-0.2, 0) is 11.2 Å². The van der Waals surface area contributed by atoms with E-state index < -0.39 is 0 Å². The normalized spacial score (nSPS) is 14.8. The van der Waals surface area contributed by atoms with Crippen LogP contribution >= 0.6 is 11.6 Å². The van der Waals surface area contributed by atoms with Crippen molar-refractivity contribution < 1.29 is 9.13 Å². The standard InChI is InChI=1S/C22H20ClFN6O/c23-17-2-1-3-18(24)16(17)13-21-29-28-20-12-14(5-9-30(20)21)19-4-8-25-22(27-19)26-15-6-10-31-11-7-15/h1-5,8-9,12,15H,6-7,10-11,13H2,(H,25,26,27). The summed E-state index contributed by atoms with van der Waals surface area (Å²) in [5, 5.41) is 12.2. The molecule has 0 saturated carbocycles. The van der Waals surface area contributed by atoms with Crippen molar-refractivity contribution in [1.29, 1.82) is 0 Å². The average Bonchev–Trinajstić information content (AvgIpc) is 3.19. The van der Waals surface area contributed by atoms with E-state index in [0.717, 1.165) is 37.3 Å². The molecule has 5 rings (SSSR count). The number of benzene rings is 1. The molecule has 0 atom stereocenters. The third-order valence-corrected chi connectivity index (χ3v) is 5.74. The maximum Gasteiger partial charge on any atom is 0.223 e. The Balaban J connectivity index is 1.40. The molecule has 0 aliphatic carbocycles. The lowest BCUT2D eigenvalue weighted by molar-refractivity contribution is 0.0903. The molecule has 1 fully saturated rings. The molecule has 3 aromatic heterocycles. The topological polar surface area (TPSA) is 77.2 Å². The van der Waals surface area contributed by atoms with Crippen LogP contribution in [0.4, 0.5) is 10.3 Å². The van der Waals surface area contributed by atoms with E-state index in [2.05, 4.69) is 25.5 Å². The van der Waals surface area contributed by atoms with Gasteiger partial charge in [-0.2, -0.15) is 0 Å². The van der Waals surface area contributed by atoms with Gasteiger partial charge in [-0.05, 0) is 43.2 Å². The van der Waals surface area contributed by atoms with Crippen molar-refractivity contribution in [3.8, 4) is 11.3 Å². The third kappa shape index (κ3) is 4.22. The summed E-state index contributed by atoms with van der Waals surface area (Å²) in [6.45, 7) is 1.50. The van der Waals surface area contributed by atoms with Gasteiger partial charge in [0.2, 0.25) is 5.95 Å². The molecule has 1 aromatic carbocycles. The molecule has 0 radical (unpaired) electrons. The van der Waals surface area contributed by atoms with Crippen LogP contribution < -0.4 is 5.32 Å². The lowest BCUT2D eigenvalue weighted by Crippen LogP contribution is -2.28. The molecule has 1 aliphatic rings. The van der Waals surface area contributed by atoms with Crippen molar-refractivity contribution in [2.45, 2.75) is 25.3 Å². The van der Waals surface area contributed by atoms with Crippen LogP contribution in [0.2, 0.25) is 5.02 Å². The Morgan fingerprint density at radius 3 is 2.87 bits per heavy atom. The van der Waals surface area contributed by atoms with Crippen LogP contribution in [0.25, 0.3) is 16.9 Å². The van der Waals surface area contributed by atoms with Gasteiger partial charge in [0.25, 0.3) is 0 Å². The Morgan fingerprint density at radius 2 is 2.03 bits per heavy atom. The molecule has 4 heterocycles. The molecular formula is C22H20ClFN6O. The first-order chi connectivity index (χ1) is 15.2. The molecule has 0 spiro atoms. The number of aromatic nitrogens is 5. The number of fused-ring (bicyclic) bond motifs is 1. The monoisotopic (exact) mass is 438 g/mol. The molecule has 1 N–H and O–H groups in total. The number of ether oxygens (including phenoxy) is 1. The van der Waals surface area contributed by atoms with Gasteiger partial charge in [0.1, 0.15) is 11.6 Å². The van der Waals surface area contributed by atoms with Crippen molar-refractivity contribution in [2.24, 2.45) is 0 Å². The number of nitrogens with one attached hydrogen (secondary N) is 1. The van der Waals surface area contributed by atoms with Crippen molar-refractivity contribution in [2.75, 3.05) is 18.5 Å². The highest BCUT2D eigenvalue weighted by atomic mass is 35.5. The first-order valence-corrected chi connectivity index (χ1v) is 10.5. The smallest absolute Gasteiger partial charge is 0.223 e. The summed E-state index contributed by atoms with van der Waals surface area (Å²) < 4.78 is 21.4. The summed E-state index contributed by atoms with van der Waals surface area (Å²) in [6, 6.07) is 10.7. The van der Waals surface area contributed by atoms with Crippen LogP contribution in [0, 0.1) is 5.82 Å². The van der Waals surface area contributed by atoms with Crippen molar-refractivity contribution >= 4 is 23.2 Å². The minimum atomic E-state index is -0.355. The Morgan fingerprint density at radius 1 is 1.16 bits per heavy atom. The predicted molar refractivity (Wildman–Crippen MR) is 116 cm³/mol. The number of nitrogens with zero attached hydrogens (tertiary/aromatic N) is 5. The molecule has 0 unspecified atom stereocenters. The molecule has 1 aliphatic heterocycles. The molecule has 7 nitrogen and oxygen atoms in total. The average molecular weight is 439 g/mol. The van der Waals surface area contributed by atoms with Gasteiger partial charge in [0.15, 0.2) is 5.65 Å². The maximum absolute atomic E-state index is 14.2. The fourth-order valence-corrected chi connectivity index (χ4v) is 3.92. The predicted octanol–water partition coefficient (Wildman–Crippen LogP) is 4.16. The van der Waals surface area contributed by atoms with Gasteiger partial charge >= 0.3 is 0 Å². The SMILES string of the molecule is Fc1cccc(Cl)c1Cc1nnc2cc(-c3ccnc(NC4CCOCC4)n3)ccn12. The summed E-state index contributed by atoms with van der Waals surface area (Å²) in [4.78, 5) is 9.00. The molecule has 0 bridgehead atoms. The maximum atomic E-state index is 14.2. The van der Waals surface area contributed by atoms with Gasteiger partial charge in [0, 0.05) is 54.2 Å². The van der Waals surface area contributed by atoms with E-state index in [4.69, 9.17) is 16.3 Å². The Hall–Kier alpha value is -3.10. The van der Waals surface area contributed by atoms with Gasteiger partial charge in [-0.1, -0.05) is 17.7 Å². The van der Waals surface area contributed by atoms with Crippen LogP contribution in [0.5, 0.6) is 0 Å². The van der Waals surface area contributed by atoms with Crippen LogP contribution in [0.15, 0.2) is 48.8 Å². The highest BCUT2D eigenvalue weighted by Crippen LogP contribution is 2.24. The summed E-state index contributed by atoms with van der Waals surface area (Å²) in [6.07, 6.45) is 5.73. The largest absolute Gasteiger partial charge is 0.381 e. The van der Waals surface area contributed by atoms with Gasteiger partial charge in [-0.25, -0.2) is 14.4 Å². The van der Waals surface area contributed by atoms with Crippen molar-refractivity contribution in [1.82, 2.24) is 24.6 Å². The van der Waals surface area contributed by atoms with E-state index in [9.17, 15) is 4.39 Å². The van der Waals surface area contributed by atoms with E-state index in [1.807, 2.05) is 28.8 Å². The van der Waals surface area contributed by atoms with E-state index in [-0.39, 0.29) is 12.2 Å². The van der Waals surface area contributed by atoms with E-state index in [0.29, 0.717) is 34.0 Å². The molecular weight excluding hydrogens is 419 g/mol. The highest BCUT2D eigenvalue weighted by Gasteiger charge is 2.16. The lowest BCUT2D eigenvalue weighted by atomic mass is 10.1. The Labute approximate surface area is 183 Å². The second-order valence-corrected chi connectivity index (χ2v) is 7.84. The number of halogens is 2. The van der Waals surface area contributed by atoms with Crippen molar-refractivity contribution in [3.05, 3.63) is 71.0 Å². The quantitative estimate of drug-likeness (QED) is 0.504. The lowest BCUT2D eigenvalue weighted by Gasteiger charge is -2.23. The summed E-state index contributed by atoms with van der Waals surface area (Å²) in [5.41, 5.74) is 2.74. The number of pyridine rings is 1. The molecule has 158 valence electrons. The number of hydrogen-bond acceptors (Lipinski definition) is 6. The van der Waals surface area contributed by atoms with E-state index in [1.165, 1.54) is 6.07 Å². The van der Waals surface area contributed by atoms with Gasteiger partial charge in [-0.15, -0.1) is 10.2 Å². The van der Waals surface area contributed by atoms with E-state index >= 15 is 0 Å². The second-order valence-electron chi connectivity index (χ2n) is 7.43. The van der Waals surface area contributed by atoms with Crippen LogP contribution in [0.1, 0.15) is 24.2 Å². The summed E-state index contributed by atoms with van der Waals surface area (Å²) in [5.74, 6) is 0.852. The zero-order chi connectivity index (χ0) is 21.2. The molecule has 4 aromatic rings. The molecule has 31 heavy (non-hydrogen) atoms. The minimum Gasteiger partial charge on any atom is -0.381 e. The van der Waals surface area contributed by atoms with Crippen LogP contribution in [-0.4, -0.2) is 43.8 Å². The summed E-state index contributed by atoms with van der Waals surface area (Å²) >= 11 is 6.16. The summed E-state index contributed by atoms with van der Waals surface area (Å²) in [7, 11) is 0. The zero-order valence-electron chi connectivity index (χ0n) is 16.6. The number of anilines is 1. The van der Waals surface area contributed by atoms with Gasteiger partial charge in [0.05, 0.1) is 5.69 Å². The Kier molecular flexibility index (Phi) is 5.48. The zero-order valence-corrected chi connectivity index (χ0v) is 17.4. The second kappa shape index (κ2) is 8.56. The molecule has 1 saturated heterocycles. The van der Waals surface area contributed by atoms with Gasteiger partial charge in [-0.3, -0.25) is 4.40 Å². The first-order valence-electron chi connectivity index (χ1n) is 10.1. The third-order valence-electron chi connectivity index (χ3n) is 5.38. The number of hydrogen-bond donors (Lipinski definition) is 1. The minimum absolute atomic E-state index is 0.249. The molecule has 9 heteroatoms. The van der Waals surface area contributed by atoms with Crippen LogP contribution in [0.3, 0.4) is 0 Å². The first kappa shape index (κ1) is 19.8. The molecule has 0 amide bonds. The van der Waals surface area contributed by atoms with Gasteiger partial charge < -0.3 is 10.1 Å². The Bertz CT molecular complexity index is 1200. The fourth-order valence-electron chi connectivity index (χ4n) is 3.69. The van der Waals surface area contributed by atoms with Crippen molar-refractivity contribution in [3.63, 3.8) is 0 Å². The number of rotatable bonds is 5. The highest BCUT2D eigenvalue weighted by molar-refractivity contribution is 6.31. The fraction of sp³-hybridized carbons (Fsp3) is 0.273.